The summed E-state index contributed by atoms with van der Waals surface area (Å²) in [6.07, 6.45) is 1.77. The largest absolute Gasteiger partial charge is 0.318 e. The number of aryl methyl sites for hydroxylation is 2. The minimum Gasteiger partial charge on any atom is -0.318 e. The Bertz CT molecular complexity index is 602. The predicted octanol–water partition coefficient (Wildman–Crippen LogP) is 3.22. The number of halogens is 1. The third-order valence-corrected chi connectivity index (χ3v) is 3.23. The van der Waals surface area contributed by atoms with E-state index in [0.717, 1.165) is 22.8 Å². The van der Waals surface area contributed by atoms with Gasteiger partial charge in [0.15, 0.2) is 5.78 Å². The summed E-state index contributed by atoms with van der Waals surface area (Å²) in [5.41, 5.74) is 4.60. The summed E-state index contributed by atoms with van der Waals surface area (Å²) in [6.45, 7) is 5.86. The Hall–Kier alpha value is -1.61. The molecule has 0 N–H and O–H groups in total. The lowest BCUT2D eigenvalue weighted by molar-refractivity contribution is 0.102. The predicted molar refractivity (Wildman–Crippen MR) is 72.8 cm³/mol. The number of carbonyl (C=O) groups excluding carboxylic acids is 1. The number of carbonyl (C=O) groups is 1. The highest BCUT2D eigenvalue weighted by Gasteiger charge is 2.15. The van der Waals surface area contributed by atoms with Crippen LogP contribution in [0.25, 0.3) is 5.69 Å². The minimum atomic E-state index is -0.0400. The number of pyridine rings is 1. The fourth-order valence-corrected chi connectivity index (χ4v) is 2.33. The molecule has 0 fully saturated rings. The van der Waals surface area contributed by atoms with Crippen molar-refractivity contribution in [3.05, 3.63) is 47.0 Å². The number of hydrogen-bond donors (Lipinski definition) is 0. The van der Waals surface area contributed by atoms with Crippen LogP contribution in [-0.2, 0) is 0 Å². The van der Waals surface area contributed by atoms with Crippen molar-refractivity contribution in [1.82, 2.24) is 9.55 Å². The van der Waals surface area contributed by atoms with Crippen LogP contribution in [-0.4, -0.2) is 21.2 Å². The molecule has 0 aromatic carbocycles. The number of nitrogens with zero attached hydrogens (tertiary/aromatic N) is 2. The van der Waals surface area contributed by atoms with Gasteiger partial charge in [-0.3, -0.25) is 9.78 Å². The summed E-state index contributed by atoms with van der Waals surface area (Å²) >= 11 is 5.62. The second kappa shape index (κ2) is 4.94. The molecular weight excluding hydrogens is 248 g/mol. The molecule has 3 nitrogen and oxygen atoms in total. The van der Waals surface area contributed by atoms with Gasteiger partial charge in [0.05, 0.1) is 5.88 Å². The van der Waals surface area contributed by atoms with Crippen LogP contribution in [0.2, 0.25) is 0 Å². The summed E-state index contributed by atoms with van der Waals surface area (Å²) in [5, 5.41) is 0. The highest BCUT2D eigenvalue weighted by molar-refractivity contribution is 6.30. The third-order valence-electron chi connectivity index (χ3n) is 2.99. The third kappa shape index (κ3) is 2.18. The molecule has 0 saturated carbocycles. The van der Waals surface area contributed by atoms with Crippen molar-refractivity contribution in [2.45, 2.75) is 20.8 Å². The zero-order chi connectivity index (χ0) is 13.3. The van der Waals surface area contributed by atoms with Gasteiger partial charge in [-0.1, -0.05) is 0 Å². The number of ketones is 1. The van der Waals surface area contributed by atoms with Gasteiger partial charge < -0.3 is 4.57 Å². The number of rotatable bonds is 3. The SMILES string of the molecule is Cc1cc(-n2c(C)cc(C(=O)CCl)c2C)ccn1. The van der Waals surface area contributed by atoms with E-state index in [1.165, 1.54) is 0 Å². The van der Waals surface area contributed by atoms with Crippen molar-refractivity contribution in [2.24, 2.45) is 0 Å². The summed E-state index contributed by atoms with van der Waals surface area (Å²) in [4.78, 5) is 15.9. The van der Waals surface area contributed by atoms with Gasteiger partial charge in [0.2, 0.25) is 0 Å². The van der Waals surface area contributed by atoms with Gasteiger partial charge in [0, 0.05) is 34.5 Å². The monoisotopic (exact) mass is 262 g/mol. The van der Waals surface area contributed by atoms with Crippen molar-refractivity contribution < 1.29 is 4.79 Å². The molecule has 0 amide bonds. The van der Waals surface area contributed by atoms with Crippen LogP contribution < -0.4 is 0 Å². The maximum absolute atomic E-state index is 11.7. The highest BCUT2D eigenvalue weighted by atomic mass is 35.5. The zero-order valence-electron chi connectivity index (χ0n) is 10.7. The van der Waals surface area contributed by atoms with Gasteiger partial charge >= 0.3 is 0 Å². The van der Waals surface area contributed by atoms with Crippen molar-refractivity contribution in [3.8, 4) is 5.69 Å². The first-order chi connectivity index (χ1) is 8.54. The van der Waals surface area contributed by atoms with E-state index >= 15 is 0 Å². The second-order valence-electron chi connectivity index (χ2n) is 4.33. The zero-order valence-corrected chi connectivity index (χ0v) is 11.5. The van der Waals surface area contributed by atoms with Crippen LogP contribution in [0.5, 0.6) is 0 Å². The first-order valence-electron chi connectivity index (χ1n) is 5.75. The molecule has 0 atom stereocenters. The van der Waals surface area contributed by atoms with E-state index in [1.807, 2.05) is 39.0 Å². The Morgan fingerprint density at radius 2 is 2.06 bits per heavy atom. The number of Topliss-reactive ketones (excluding diaryl/α,β-unsaturated/α-hetero) is 1. The summed E-state index contributed by atoms with van der Waals surface area (Å²) in [6, 6.07) is 5.81. The van der Waals surface area contributed by atoms with Crippen LogP contribution in [0, 0.1) is 20.8 Å². The normalized spacial score (nSPS) is 10.7. The lowest BCUT2D eigenvalue weighted by Gasteiger charge is -2.10. The lowest BCUT2D eigenvalue weighted by atomic mass is 10.2. The lowest BCUT2D eigenvalue weighted by Crippen LogP contribution is -2.04. The quantitative estimate of drug-likeness (QED) is 0.629. The Balaban J connectivity index is 2.59. The molecule has 2 rings (SSSR count). The summed E-state index contributed by atoms with van der Waals surface area (Å²) < 4.78 is 2.05. The minimum absolute atomic E-state index is 0.0136. The number of alkyl halides is 1. The Morgan fingerprint density at radius 1 is 1.33 bits per heavy atom. The van der Waals surface area contributed by atoms with Crippen LogP contribution >= 0.6 is 11.6 Å². The molecule has 0 radical (unpaired) electrons. The van der Waals surface area contributed by atoms with Gasteiger partial charge in [-0.05, 0) is 39.0 Å². The molecule has 0 bridgehead atoms. The summed E-state index contributed by atoms with van der Waals surface area (Å²) in [5.74, 6) is -0.0264. The van der Waals surface area contributed by atoms with E-state index in [9.17, 15) is 4.79 Å². The van der Waals surface area contributed by atoms with Crippen molar-refractivity contribution in [3.63, 3.8) is 0 Å². The fraction of sp³-hybridized carbons (Fsp3) is 0.286. The average Bonchev–Trinajstić information content (AvgIpc) is 2.64. The molecule has 0 unspecified atom stereocenters. The number of hydrogen-bond acceptors (Lipinski definition) is 2. The molecule has 0 aliphatic rings. The van der Waals surface area contributed by atoms with E-state index in [4.69, 9.17) is 11.6 Å². The van der Waals surface area contributed by atoms with Gasteiger partial charge in [0.25, 0.3) is 0 Å². The first-order valence-corrected chi connectivity index (χ1v) is 6.29. The molecule has 94 valence electrons. The van der Waals surface area contributed by atoms with Gasteiger partial charge in [-0.2, -0.15) is 0 Å². The molecule has 0 aliphatic carbocycles. The van der Waals surface area contributed by atoms with E-state index < -0.39 is 0 Å². The highest BCUT2D eigenvalue weighted by Crippen LogP contribution is 2.21. The van der Waals surface area contributed by atoms with Crippen LogP contribution in [0.4, 0.5) is 0 Å². The van der Waals surface area contributed by atoms with E-state index in [1.54, 1.807) is 6.20 Å². The van der Waals surface area contributed by atoms with Crippen molar-refractivity contribution >= 4 is 17.4 Å². The molecule has 2 aromatic heterocycles. The topological polar surface area (TPSA) is 34.9 Å². The average molecular weight is 263 g/mol. The molecular formula is C14H15ClN2O. The van der Waals surface area contributed by atoms with Crippen LogP contribution in [0.15, 0.2) is 24.4 Å². The second-order valence-corrected chi connectivity index (χ2v) is 4.60. The molecule has 0 saturated heterocycles. The van der Waals surface area contributed by atoms with Crippen LogP contribution in [0.1, 0.15) is 27.4 Å². The smallest absolute Gasteiger partial charge is 0.179 e. The molecule has 0 aliphatic heterocycles. The van der Waals surface area contributed by atoms with Crippen LogP contribution in [0.3, 0.4) is 0 Å². The van der Waals surface area contributed by atoms with Gasteiger partial charge in [0.1, 0.15) is 0 Å². The molecule has 4 heteroatoms. The Kier molecular flexibility index (Phi) is 3.53. The summed E-state index contributed by atoms with van der Waals surface area (Å²) in [7, 11) is 0. The van der Waals surface area contributed by atoms with Crippen molar-refractivity contribution in [2.75, 3.05) is 5.88 Å². The van der Waals surface area contributed by atoms with Crippen molar-refractivity contribution in [1.29, 1.82) is 0 Å². The molecule has 0 spiro atoms. The van der Waals surface area contributed by atoms with E-state index in [2.05, 4.69) is 9.55 Å². The molecule has 2 heterocycles. The molecule has 18 heavy (non-hydrogen) atoms. The fourth-order valence-electron chi connectivity index (χ4n) is 2.18. The van der Waals surface area contributed by atoms with Gasteiger partial charge in [-0.25, -0.2) is 0 Å². The maximum atomic E-state index is 11.7. The van der Waals surface area contributed by atoms with E-state index in [-0.39, 0.29) is 11.7 Å². The maximum Gasteiger partial charge on any atom is 0.179 e. The van der Waals surface area contributed by atoms with E-state index in [0.29, 0.717) is 5.56 Å². The number of aromatic nitrogens is 2. The molecule has 2 aromatic rings. The Labute approximate surface area is 111 Å². The van der Waals surface area contributed by atoms with Gasteiger partial charge in [-0.15, -0.1) is 11.6 Å². The first kappa shape index (κ1) is 12.8. The standard InChI is InChI=1S/C14H15ClN2O/c1-9-6-12(4-5-16-9)17-10(2)7-13(11(17)3)14(18)8-15/h4-7H,8H2,1-3H3. The Morgan fingerprint density at radius 3 is 2.67 bits per heavy atom.